The van der Waals surface area contributed by atoms with E-state index in [0.717, 1.165) is 22.9 Å². The van der Waals surface area contributed by atoms with E-state index in [1.54, 1.807) is 15.9 Å². The van der Waals surface area contributed by atoms with E-state index in [0.29, 0.717) is 5.82 Å². The summed E-state index contributed by atoms with van der Waals surface area (Å²) in [6.45, 7) is 6.10. The lowest BCUT2D eigenvalue weighted by Crippen LogP contribution is -2.26. The number of hydrogen-bond acceptors (Lipinski definition) is 5. The molecule has 1 saturated heterocycles. The van der Waals surface area contributed by atoms with Gasteiger partial charge in [0.15, 0.2) is 0 Å². The maximum atomic E-state index is 10.7. The first kappa shape index (κ1) is 14.7. The van der Waals surface area contributed by atoms with E-state index in [1.807, 2.05) is 6.92 Å². The van der Waals surface area contributed by atoms with Crippen molar-refractivity contribution in [1.82, 2.24) is 19.5 Å². The Morgan fingerprint density at radius 3 is 2.61 bits per heavy atom. The molecule has 5 nitrogen and oxygen atoms in total. The average molecular weight is 328 g/mol. The second-order valence-corrected chi connectivity index (χ2v) is 7.15. The molecule has 120 valence electrons. The number of fused-ring (bicyclic) bond motifs is 1. The minimum atomic E-state index is 0.0764. The van der Waals surface area contributed by atoms with Gasteiger partial charge in [-0.05, 0) is 50.9 Å². The number of aromatic nitrogens is 3. The van der Waals surface area contributed by atoms with Gasteiger partial charge in [0.1, 0.15) is 5.82 Å². The number of aryl methyl sites for hydroxylation is 2. The average Bonchev–Trinajstić information content (AvgIpc) is 3.22. The molecule has 1 aliphatic heterocycles. The molecule has 1 fully saturated rings. The molecule has 3 heterocycles. The maximum Gasteiger partial charge on any atom is 0.230 e. The monoisotopic (exact) mass is 328 g/mol. The summed E-state index contributed by atoms with van der Waals surface area (Å²) in [5, 5.41) is 15.0. The molecule has 4 rings (SSSR count). The lowest BCUT2D eigenvalue weighted by molar-refractivity contribution is 0.276. The van der Waals surface area contributed by atoms with Gasteiger partial charge >= 0.3 is 0 Å². The fourth-order valence-corrected chi connectivity index (χ4v) is 4.58. The number of nitrogens with zero attached hydrogens (tertiary/aromatic N) is 4. The zero-order chi connectivity index (χ0) is 16.0. The fourth-order valence-electron chi connectivity index (χ4n) is 3.42. The van der Waals surface area contributed by atoms with Crippen molar-refractivity contribution in [3.63, 3.8) is 0 Å². The molecule has 0 aliphatic carbocycles. The molecule has 1 aliphatic rings. The third kappa shape index (κ3) is 2.42. The van der Waals surface area contributed by atoms with Crippen molar-refractivity contribution in [2.24, 2.45) is 0 Å². The second-order valence-electron chi connectivity index (χ2n) is 6.15. The van der Waals surface area contributed by atoms with Crippen LogP contribution in [0.5, 0.6) is 5.88 Å². The Hall–Kier alpha value is -1.92. The van der Waals surface area contributed by atoms with Gasteiger partial charge in [-0.15, -0.1) is 5.10 Å². The molecule has 0 amide bonds. The van der Waals surface area contributed by atoms with Crippen molar-refractivity contribution < 1.29 is 5.11 Å². The topological polar surface area (TPSA) is 53.7 Å². The predicted molar refractivity (Wildman–Crippen MR) is 91.1 cm³/mol. The van der Waals surface area contributed by atoms with E-state index >= 15 is 0 Å². The summed E-state index contributed by atoms with van der Waals surface area (Å²) in [5.74, 6) is 0.914. The molecule has 3 aromatic rings. The summed E-state index contributed by atoms with van der Waals surface area (Å²) < 4.78 is 1.57. The number of hydrogen-bond donors (Lipinski definition) is 1. The summed E-state index contributed by atoms with van der Waals surface area (Å²) in [6.07, 6.45) is 2.42. The zero-order valence-corrected chi connectivity index (χ0v) is 14.2. The van der Waals surface area contributed by atoms with Crippen LogP contribution in [0.4, 0.5) is 0 Å². The maximum absolute atomic E-state index is 10.7. The number of rotatable bonds is 3. The molecule has 0 spiro atoms. The smallest absolute Gasteiger partial charge is 0.230 e. The number of thiazole rings is 1. The number of aromatic hydroxyl groups is 1. The van der Waals surface area contributed by atoms with Gasteiger partial charge in [0, 0.05) is 0 Å². The summed E-state index contributed by atoms with van der Waals surface area (Å²) >= 11 is 1.54. The van der Waals surface area contributed by atoms with Crippen molar-refractivity contribution >= 4 is 16.3 Å². The Kier molecular flexibility index (Phi) is 3.58. The Morgan fingerprint density at radius 2 is 1.91 bits per heavy atom. The first-order chi connectivity index (χ1) is 11.1. The van der Waals surface area contributed by atoms with E-state index in [2.05, 4.69) is 46.2 Å². The molecule has 23 heavy (non-hydrogen) atoms. The highest BCUT2D eigenvalue weighted by molar-refractivity contribution is 7.17. The minimum absolute atomic E-state index is 0.0764. The summed E-state index contributed by atoms with van der Waals surface area (Å²) in [4.78, 5) is 8.57. The van der Waals surface area contributed by atoms with Crippen molar-refractivity contribution in [3.05, 3.63) is 46.1 Å². The van der Waals surface area contributed by atoms with Crippen molar-refractivity contribution in [2.75, 3.05) is 13.1 Å². The minimum Gasteiger partial charge on any atom is -0.492 e. The summed E-state index contributed by atoms with van der Waals surface area (Å²) in [6, 6.07) is 8.51. The summed E-state index contributed by atoms with van der Waals surface area (Å²) in [5.41, 5.74) is 2.50. The van der Waals surface area contributed by atoms with E-state index in [4.69, 9.17) is 0 Å². The molecule has 0 bridgehead atoms. The fraction of sp³-hybridized carbons (Fsp3) is 0.412. The number of likely N-dealkylation sites (tertiary alicyclic amines) is 1. The Morgan fingerprint density at radius 1 is 1.17 bits per heavy atom. The molecule has 6 heteroatoms. The zero-order valence-electron chi connectivity index (χ0n) is 13.4. The highest BCUT2D eigenvalue weighted by Crippen LogP contribution is 2.41. The largest absolute Gasteiger partial charge is 0.492 e. The molecular weight excluding hydrogens is 308 g/mol. The van der Waals surface area contributed by atoms with Gasteiger partial charge in [-0.2, -0.15) is 4.52 Å². The SMILES string of the molecule is Cc1nc2sc(C(c3ccccc3C)N3CCCC3)c(O)n2n1. The van der Waals surface area contributed by atoms with Crippen LogP contribution in [0.1, 0.15) is 40.7 Å². The lowest BCUT2D eigenvalue weighted by atomic mass is 9.99. The van der Waals surface area contributed by atoms with Crippen LogP contribution in [0.2, 0.25) is 0 Å². The van der Waals surface area contributed by atoms with Crippen LogP contribution in [0.3, 0.4) is 0 Å². The molecule has 1 atom stereocenters. The van der Waals surface area contributed by atoms with Crippen LogP contribution in [-0.4, -0.2) is 37.7 Å². The van der Waals surface area contributed by atoms with Crippen LogP contribution in [0, 0.1) is 13.8 Å². The van der Waals surface area contributed by atoms with Crippen LogP contribution in [0.25, 0.3) is 4.96 Å². The van der Waals surface area contributed by atoms with Crippen LogP contribution >= 0.6 is 11.3 Å². The predicted octanol–water partition coefficient (Wildman–Crippen LogP) is 3.30. The first-order valence-electron chi connectivity index (χ1n) is 8.00. The van der Waals surface area contributed by atoms with Crippen molar-refractivity contribution in [3.8, 4) is 5.88 Å². The van der Waals surface area contributed by atoms with E-state index in [-0.39, 0.29) is 11.9 Å². The molecule has 1 aromatic carbocycles. The Labute approximate surface area is 139 Å². The first-order valence-corrected chi connectivity index (χ1v) is 8.81. The van der Waals surface area contributed by atoms with Crippen molar-refractivity contribution in [1.29, 1.82) is 0 Å². The van der Waals surface area contributed by atoms with E-state index in [9.17, 15) is 5.11 Å². The van der Waals surface area contributed by atoms with Crippen LogP contribution < -0.4 is 0 Å². The highest BCUT2D eigenvalue weighted by atomic mass is 32.1. The highest BCUT2D eigenvalue weighted by Gasteiger charge is 2.31. The Bertz CT molecular complexity index is 848. The molecule has 2 aromatic heterocycles. The van der Waals surface area contributed by atoms with Gasteiger partial charge in [-0.25, -0.2) is 4.98 Å². The van der Waals surface area contributed by atoms with E-state index < -0.39 is 0 Å². The standard InChI is InChI=1S/C17H20N4OS/c1-11-7-3-4-8-13(11)14(20-9-5-6-10-20)15-16(22)21-17(23-15)18-12(2)19-21/h3-4,7-8,14,22H,5-6,9-10H2,1-2H3. The van der Waals surface area contributed by atoms with Gasteiger partial charge in [0.2, 0.25) is 10.8 Å². The molecule has 1 N–H and O–H groups in total. The molecular formula is C17H20N4OS. The van der Waals surface area contributed by atoms with Gasteiger partial charge < -0.3 is 5.11 Å². The van der Waals surface area contributed by atoms with Gasteiger partial charge in [0.25, 0.3) is 0 Å². The third-order valence-electron chi connectivity index (χ3n) is 4.54. The quantitative estimate of drug-likeness (QED) is 0.801. The summed E-state index contributed by atoms with van der Waals surface area (Å²) in [7, 11) is 0. The lowest BCUT2D eigenvalue weighted by Gasteiger charge is -2.28. The Balaban J connectivity index is 1.88. The van der Waals surface area contributed by atoms with Crippen LogP contribution in [-0.2, 0) is 0 Å². The van der Waals surface area contributed by atoms with Gasteiger partial charge in [-0.1, -0.05) is 35.6 Å². The van der Waals surface area contributed by atoms with Crippen LogP contribution in [0.15, 0.2) is 24.3 Å². The molecule has 0 radical (unpaired) electrons. The second kappa shape index (κ2) is 5.62. The number of benzene rings is 1. The third-order valence-corrected chi connectivity index (χ3v) is 5.62. The normalized spacial score (nSPS) is 17.1. The van der Waals surface area contributed by atoms with Crippen molar-refractivity contribution in [2.45, 2.75) is 32.7 Å². The molecule has 1 unspecified atom stereocenters. The van der Waals surface area contributed by atoms with E-state index in [1.165, 1.54) is 24.0 Å². The van der Waals surface area contributed by atoms with Gasteiger partial charge in [-0.3, -0.25) is 4.90 Å². The molecule has 0 saturated carbocycles. The van der Waals surface area contributed by atoms with Gasteiger partial charge in [0.05, 0.1) is 10.9 Å².